The molecular formula is C28H23FN2O4S. The number of carbonyl (C=O) groups is 1. The molecule has 0 unspecified atom stereocenters. The smallest absolute Gasteiger partial charge is 0.243 e. The summed E-state index contributed by atoms with van der Waals surface area (Å²) in [7, 11) is 0. The Balaban J connectivity index is 1.40. The third kappa shape index (κ3) is 4.65. The predicted molar refractivity (Wildman–Crippen MR) is 137 cm³/mol. The van der Waals surface area contributed by atoms with Crippen molar-refractivity contribution in [1.82, 2.24) is 4.98 Å². The summed E-state index contributed by atoms with van der Waals surface area (Å²) in [6.45, 7) is 0. The number of thioether (sulfide) groups is 1. The van der Waals surface area contributed by atoms with E-state index in [0.29, 0.717) is 16.8 Å². The highest BCUT2D eigenvalue weighted by Gasteiger charge is 2.50. The fourth-order valence-electron chi connectivity index (χ4n) is 4.32. The van der Waals surface area contributed by atoms with Crippen molar-refractivity contribution in [3.63, 3.8) is 0 Å². The molecular weight excluding hydrogens is 479 g/mol. The van der Waals surface area contributed by atoms with Gasteiger partial charge in [0.2, 0.25) is 5.91 Å². The number of aromatic hydroxyl groups is 2. The molecule has 4 aromatic rings. The largest absolute Gasteiger partial charge is 0.508 e. The van der Waals surface area contributed by atoms with Crippen molar-refractivity contribution in [3.8, 4) is 22.6 Å². The maximum atomic E-state index is 13.3. The van der Waals surface area contributed by atoms with Crippen LogP contribution in [0.1, 0.15) is 23.3 Å². The number of aromatic nitrogens is 1. The minimum absolute atomic E-state index is 0.0785. The number of aliphatic hydroxyl groups excluding tert-OH is 1. The first kappa shape index (κ1) is 23.8. The van der Waals surface area contributed by atoms with Crippen LogP contribution in [0.15, 0.2) is 91.3 Å². The minimum Gasteiger partial charge on any atom is -0.508 e. The number of hydrogen-bond donors (Lipinski definition) is 3. The van der Waals surface area contributed by atoms with Crippen molar-refractivity contribution in [2.45, 2.75) is 17.4 Å². The Bertz CT molecular complexity index is 1370. The Hall–Kier alpha value is -3.88. The average molecular weight is 503 g/mol. The molecule has 0 radical (unpaired) electrons. The number of benzene rings is 3. The number of halogens is 1. The lowest BCUT2D eigenvalue weighted by Gasteiger charge is -2.47. The van der Waals surface area contributed by atoms with E-state index in [4.69, 9.17) is 0 Å². The zero-order valence-corrected chi connectivity index (χ0v) is 19.8. The van der Waals surface area contributed by atoms with E-state index in [9.17, 15) is 24.5 Å². The Morgan fingerprint density at radius 2 is 1.72 bits per heavy atom. The van der Waals surface area contributed by atoms with E-state index in [-0.39, 0.29) is 29.0 Å². The molecule has 1 aliphatic rings. The van der Waals surface area contributed by atoms with E-state index < -0.39 is 17.4 Å². The first-order valence-electron chi connectivity index (χ1n) is 11.3. The summed E-state index contributed by atoms with van der Waals surface area (Å²) in [5.41, 5.74) is 3.63. The molecule has 1 saturated heterocycles. The number of aliphatic hydroxyl groups is 1. The van der Waals surface area contributed by atoms with Gasteiger partial charge >= 0.3 is 0 Å². The number of hydrogen-bond acceptors (Lipinski definition) is 6. The van der Waals surface area contributed by atoms with Crippen molar-refractivity contribution in [3.05, 3.63) is 108 Å². The molecule has 0 aliphatic carbocycles. The van der Waals surface area contributed by atoms with Gasteiger partial charge in [0.15, 0.2) is 0 Å². The van der Waals surface area contributed by atoms with E-state index in [2.05, 4.69) is 4.98 Å². The van der Waals surface area contributed by atoms with Gasteiger partial charge in [-0.15, -0.1) is 11.8 Å². The number of pyridine rings is 1. The molecule has 1 aliphatic heterocycles. The molecule has 8 heteroatoms. The van der Waals surface area contributed by atoms with Crippen LogP contribution in [0.2, 0.25) is 0 Å². The predicted octanol–water partition coefficient (Wildman–Crippen LogP) is 5.22. The Morgan fingerprint density at radius 3 is 2.39 bits per heavy atom. The molecule has 1 fully saturated rings. The lowest BCUT2D eigenvalue weighted by molar-refractivity contribution is -0.123. The molecule has 0 saturated carbocycles. The first-order chi connectivity index (χ1) is 17.4. The number of phenols is 2. The van der Waals surface area contributed by atoms with E-state index >= 15 is 0 Å². The number of anilines is 1. The van der Waals surface area contributed by atoms with Crippen LogP contribution in [0.4, 0.5) is 10.1 Å². The summed E-state index contributed by atoms with van der Waals surface area (Å²) in [5.74, 6) is -0.524. The topological polar surface area (TPSA) is 93.9 Å². The zero-order chi connectivity index (χ0) is 25.2. The van der Waals surface area contributed by atoms with Crippen LogP contribution in [0, 0.1) is 5.82 Å². The molecule has 1 amide bonds. The van der Waals surface area contributed by atoms with Crippen LogP contribution in [0.25, 0.3) is 11.1 Å². The van der Waals surface area contributed by atoms with Gasteiger partial charge in [-0.05, 0) is 59.2 Å². The zero-order valence-electron chi connectivity index (χ0n) is 19.0. The second-order valence-corrected chi connectivity index (χ2v) is 9.68. The summed E-state index contributed by atoms with van der Waals surface area (Å²) in [6.07, 6.45) is 2.58. The van der Waals surface area contributed by atoms with Gasteiger partial charge in [-0.3, -0.25) is 9.78 Å². The molecule has 0 spiro atoms. The van der Waals surface area contributed by atoms with Gasteiger partial charge in [-0.1, -0.05) is 30.3 Å². The lowest BCUT2D eigenvalue weighted by atomic mass is 9.91. The van der Waals surface area contributed by atoms with E-state index in [1.807, 2.05) is 36.4 Å². The summed E-state index contributed by atoms with van der Waals surface area (Å²) < 4.78 is 13.2. The number of rotatable bonds is 7. The molecule has 36 heavy (non-hydrogen) atoms. The van der Waals surface area contributed by atoms with Crippen LogP contribution in [0.5, 0.6) is 11.5 Å². The van der Waals surface area contributed by atoms with Gasteiger partial charge in [0, 0.05) is 35.5 Å². The second-order valence-electron chi connectivity index (χ2n) is 8.51. The quantitative estimate of drug-likeness (QED) is 0.300. The van der Waals surface area contributed by atoms with Crippen LogP contribution >= 0.6 is 11.8 Å². The van der Waals surface area contributed by atoms with Crippen molar-refractivity contribution in [2.75, 3.05) is 10.7 Å². The molecule has 0 bridgehead atoms. The highest BCUT2D eigenvalue weighted by atomic mass is 32.2. The molecule has 5 rings (SSSR count). The van der Waals surface area contributed by atoms with Crippen molar-refractivity contribution < 1.29 is 24.5 Å². The number of amides is 1. The Kier molecular flexibility index (Phi) is 6.63. The highest BCUT2D eigenvalue weighted by molar-refractivity contribution is 8.00. The van der Waals surface area contributed by atoms with Crippen molar-refractivity contribution in [2.24, 2.45) is 0 Å². The van der Waals surface area contributed by atoms with Crippen LogP contribution in [-0.4, -0.2) is 37.2 Å². The molecule has 2 heterocycles. The normalized spacial score (nSPS) is 18.1. The average Bonchev–Trinajstić information content (AvgIpc) is 2.89. The fourth-order valence-corrected chi connectivity index (χ4v) is 5.61. The Morgan fingerprint density at radius 1 is 0.972 bits per heavy atom. The van der Waals surface area contributed by atoms with Crippen LogP contribution in [-0.2, 0) is 4.79 Å². The van der Waals surface area contributed by atoms with Gasteiger partial charge < -0.3 is 20.2 Å². The van der Waals surface area contributed by atoms with Crippen LogP contribution < -0.4 is 4.90 Å². The number of nitrogens with zero attached hydrogens (tertiary/aromatic N) is 2. The summed E-state index contributed by atoms with van der Waals surface area (Å²) in [4.78, 5) is 19.1. The number of phenolic OH excluding ortho intramolecular Hbond substituents is 2. The van der Waals surface area contributed by atoms with Gasteiger partial charge in [-0.25, -0.2) is 4.39 Å². The SMILES string of the molecule is O=C1[C@H](SC[C@@H](O)c2ccc(F)cc2)[C@@H](c2ccc(O)cc2O)N1c1ccc(-c2cccnc2)cc1. The Labute approximate surface area is 211 Å². The standard InChI is InChI=1S/C28H23FN2O4S/c29-20-7-3-18(4-8-20)25(34)16-36-27-26(23-12-11-22(32)14-24(23)33)31(28(27)35)21-9-5-17(6-10-21)19-2-1-13-30-15-19/h1-15,25-27,32-34H,16H2/t25-,26-,27-/m1/s1. The lowest BCUT2D eigenvalue weighted by Crippen LogP contribution is -2.57. The third-order valence-corrected chi connectivity index (χ3v) is 7.53. The molecule has 3 aromatic carbocycles. The maximum absolute atomic E-state index is 13.3. The first-order valence-corrected chi connectivity index (χ1v) is 12.4. The second kappa shape index (κ2) is 10.0. The molecule has 6 nitrogen and oxygen atoms in total. The molecule has 1 aromatic heterocycles. The maximum Gasteiger partial charge on any atom is 0.243 e. The van der Waals surface area contributed by atoms with E-state index in [1.54, 1.807) is 23.4 Å². The summed E-state index contributed by atoms with van der Waals surface area (Å²) in [6, 6.07) is 20.7. The van der Waals surface area contributed by atoms with E-state index in [1.165, 1.54) is 48.2 Å². The van der Waals surface area contributed by atoms with Crippen molar-refractivity contribution >= 4 is 23.4 Å². The van der Waals surface area contributed by atoms with Crippen LogP contribution in [0.3, 0.4) is 0 Å². The molecule has 3 atom stereocenters. The molecule has 3 N–H and O–H groups in total. The van der Waals surface area contributed by atoms with Gasteiger partial charge in [0.05, 0.1) is 12.1 Å². The van der Waals surface area contributed by atoms with E-state index in [0.717, 1.165) is 11.1 Å². The summed E-state index contributed by atoms with van der Waals surface area (Å²) >= 11 is 1.28. The number of β-lactam (4-membered cyclic amide) rings is 1. The number of carbonyl (C=O) groups excluding carboxylic acids is 1. The van der Waals surface area contributed by atoms with Crippen molar-refractivity contribution in [1.29, 1.82) is 0 Å². The highest BCUT2D eigenvalue weighted by Crippen LogP contribution is 2.48. The summed E-state index contributed by atoms with van der Waals surface area (Å²) in [5, 5.41) is 30.3. The fraction of sp³-hybridized carbons (Fsp3) is 0.143. The van der Waals surface area contributed by atoms with Gasteiger partial charge in [0.25, 0.3) is 0 Å². The minimum atomic E-state index is -0.884. The monoisotopic (exact) mass is 502 g/mol. The van der Waals surface area contributed by atoms with Gasteiger partial charge in [-0.2, -0.15) is 0 Å². The van der Waals surface area contributed by atoms with Gasteiger partial charge in [0.1, 0.15) is 22.6 Å². The third-order valence-electron chi connectivity index (χ3n) is 6.21. The molecule has 182 valence electrons.